The van der Waals surface area contributed by atoms with Crippen molar-refractivity contribution < 1.29 is 19.0 Å². The molecule has 0 aromatic heterocycles. The van der Waals surface area contributed by atoms with Crippen LogP contribution in [0.15, 0.2) is 18.2 Å². The molecule has 0 spiro atoms. The quantitative estimate of drug-likeness (QED) is 0.722. The molecule has 0 unspecified atom stereocenters. The maximum Gasteiger partial charge on any atom is 0.246 e. The lowest BCUT2D eigenvalue weighted by Gasteiger charge is -2.16. The second-order valence-corrected chi connectivity index (χ2v) is 5.03. The molecule has 0 fully saturated rings. The number of hydrogen-bond donors (Lipinski definition) is 0. The minimum absolute atomic E-state index is 0.191. The predicted molar refractivity (Wildman–Crippen MR) is 87.5 cm³/mol. The third-order valence-electron chi connectivity index (χ3n) is 3.29. The zero-order valence-corrected chi connectivity index (χ0v) is 14.1. The molecular formula is C17H22N2O4. The Kier molecular flexibility index (Phi) is 6.94. The number of rotatable bonds is 7. The van der Waals surface area contributed by atoms with Crippen molar-refractivity contribution in [2.24, 2.45) is 5.92 Å². The number of ether oxygens (including phenoxy) is 3. The van der Waals surface area contributed by atoms with Gasteiger partial charge in [0.25, 0.3) is 0 Å². The van der Waals surface area contributed by atoms with Crippen molar-refractivity contribution in [2.75, 3.05) is 34.9 Å². The summed E-state index contributed by atoms with van der Waals surface area (Å²) in [7, 11) is 6.29. The van der Waals surface area contributed by atoms with E-state index >= 15 is 0 Å². The third-order valence-corrected chi connectivity index (χ3v) is 3.29. The normalized spacial score (nSPS) is 11.7. The van der Waals surface area contributed by atoms with E-state index in [0.29, 0.717) is 29.4 Å². The third kappa shape index (κ3) is 4.92. The van der Waals surface area contributed by atoms with Gasteiger partial charge in [-0.1, -0.05) is 0 Å². The van der Waals surface area contributed by atoms with Crippen LogP contribution in [-0.4, -0.2) is 45.7 Å². The van der Waals surface area contributed by atoms with Crippen LogP contribution < -0.4 is 14.2 Å². The fraction of sp³-hybridized carbons (Fsp3) is 0.412. The monoisotopic (exact) mass is 318 g/mol. The Bertz CT molecular complexity index is 620. The Labute approximate surface area is 136 Å². The number of carbonyl (C=O) groups excluding carboxylic acids is 1. The number of nitriles is 1. The average Bonchev–Trinajstić information content (AvgIpc) is 2.58. The van der Waals surface area contributed by atoms with E-state index in [2.05, 4.69) is 6.07 Å². The molecule has 6 nitrogen and oxygen atoms in total. The van der Waals surface area contributed by atoms with E-state index in [0.717, 1.165) is 0 Å². The summed E-state index contributed by atoms with van der Waals surface area (Å²) in [5, 5.41) is 8.80. The van der Waals surface area contributed by atoms with Crippen molar-refractivity contribution in [1.82, 2.24) is 4.90 Å². The van der Waals surface area contributed by atoms with Crippen molar-refractivity contribution in [1.29, 1.82) is 5.26 Å². The lowest BCUT2D eigenvalue weighted by molar-refractivity contribution is -0.125. The Hall–Kier alpha value is -2.68. The molecule has 0 aliphatic rings. The largest absolute Gasteiger partial charge is 0.496 e. The summed E-state index contributed by atoms with van der Waals surface area (Å²) in [6.07, 6.45) is 3.09. The van der Waals surface area contributed by atoms with Crippen LogP contribution in [-0.2, 0) is 4.79 Å². The van der Waals surface area contributed by atoms with Gasteiger partial charge in [0.15, 0.2) is 11.5 Å². The molecule has 0 radical (unpaired) electrons. The lowest BCUT2D eigenvalue weighted by atomic mass is 10.1. The molecule has 6 heteroatoms. The van der Waals surface area contributed by atoms with E-state index < -0.39 is 0 Å². The van der Waals surface area contributed by atoms with Crippen LogP contribution in [0.25, 0.3) is 6.08 Å². The van der Waals surface area contributed by atoms with Crippen LogP contribution >= 0.6 is 0 Å². The highest BCUT2D eigenvalue weighted by molar-refractivity contribution is 5.92. The lowest BCUT2D eigenvalue weighted by Crippen LogP contribution is -2.29. The number of benzene rings is 1. The molecule has 124 valence electrons. The van der Waals surface area contributed by atoms with Gasteiger partial charge in [-0.2, -0.15) is 5.26 Å². The van der Waals surface area contributed by atoms with Gasteiger partial charge in [-0.05, 0) is 19.1 Å². The van der Waals surface area contributed by atoms with E-state index in [1.165, 1.54) is 11.0 Å². The van der Waals surface area contributed by atoms with Crippen molar-refractivity contribution in [3.05, 3.63) is 23.8 Å². The van der Waals surface area contributed by atoms with Gasteiger partial charge in [0.1, 0.15) is 5.75 Å². The first-order chi connectivity index (χ1) is 11.0. The standard InChI is InChI=1S/C17H22N2O4/c1-12(10-18)11-19(2)17(20)7-6-13-8-15(22-4)16(23-5)9-14(13)21-3/h6-9,12H,11H2,1-5H3/b7-6-/t12-/m0/s1. The number of hydrogen-bond acceptors (Lipinski definition) is 5. The molecule has 0 heterocycles. The van der Waals surface area contributed by atoms with Crippen molar-refractivity contribution in [3.8, 4) is 23.3 Å². The summed E-state index contributed by atoms with van der Waals surface area (Å²) in [6, 6.07) is 5.54. The number of amides is 1. The van der Waals surface area contributed by atoms with Gasteiger partial charge < -0.3 is 19.1 Å². The van der Waals surface area contributed by atoms with Crippen LogP contribution in [0.2, 0.25) is 0 Å². The molecule has 0 aliphatic carbocycles. The Morgan fingerprint density at radius 1 is 1.22 bits per heavy atom. The van der Waals surface area contributed by atoms with E-state index in [1.54, 1.807) is 53.5 Å². The van der Waals surface area contributed by atoms with Crippen LogP contribution in [0.5, 0.6) is 17.2 Å². The van der Waals surface area contributed by atoms with Crippen LogP contribution in [0.4, 0.5) is 0 Å². The van der Waals surface area contributed by atoms with Gasteiger partial charge in [0.05, 0.1) is 33.3 Å². The molecule has 1 amide bonds. The smallest absolute Gasteiger partial charge is 0.246 e. The van der Waals surface area contributed by atoms with E-state index in [1.807, 2.05) is 0 Å². The Balaban J connectivity index is 2.99. The molecule has 23 heavy (non-hydrogen) atoms. The van der Waals surface area contributed by atoms with Crippen molar-refractivity contribution >= 4 is 12.0 Å². The highest BCUT2D eigenvalue weighted by Gasteiger charge is 2.12. The highest BCUT2D eigenvalue weighted by atomic mass is 16.5. The van der Waals surface area contributed by atoms with E-state index in [-0.39, 0.29) is 11.8 Å². The predicted octanol–water partition coefficient (Wildman–Crippen LogP) is 2.34. The molecule has 1 rings (SSSR count). The van der Waals surface area contributed by atoms with E-state index in [4.69, 9.17) is 19.5 Å². The SMILES string of the molecule is COc1cc(OC)c(OC)cc1/C=C\C(=O)N(C)C[C@@H](C)C#N. The molecule has 0 saturated heterocycles. The number of nitrogens with zero attached hydrogens (tertiary/aromatic N) is 2. The summed E-state index contributed by atoms with van der Waals surface area (Å²) in [4.78, 5) is 13.6. The first kappa shape index (κ1) is 18.4. The number of carbonyl (C=O) groups is 1. The second kappa shape index (κ2) is 8.69. The molecule has 1 aromatic rings. The van der Waals surface area contributed by atoms with Gasteiger partial charge in [-0.3, -0.25) is 4.79 Å². The summed E-state index contributed by atoms with van der Waals surface area (Å²) < 4.78 is 15.8. The van der Waals surface area contributed by atoms with Crippen LogP contribution in [0.1, 0.15) is 12.5 Å². The molecular weight excluding hydrogens is 296 g/mol. The summed E-state index contributed by atoms with van der Waals surface area (Å²) in [6.45, 7) is 2.15. The zero-order chi connectivity index (χ0) is 17.4. The van der Waals surface area contributed by atoms with Crippen LogP contribution in [0.3, 0.4) is 0 Å². The first-order valence-corrected chi connectivity index (χ1v) is 7.09. The molecule has 1 aromatic carbocycles. The number of likely N-dealkylation sites (N-methyl/N-ethyl adjacent to an activating group) is 1. The van der Waals surface area contributed by atoms with Crippen molar-refractivity contribution in [2.45, 2.75) is 6.92 Å². The maximum atomic E-state index is 12.1. The fourth-order valence-corrected chi connectivity index (χ4v) is 2.01. The molecule has 0 bridgehead atoms. The summed E-state index contributed by atoms with van der Waals surface area (Å²) >= 11 is 0. The Morgan fingerprint density at radius 2 is 1.78 bits per heavy atom. The second-order valence-electron chi connectivity index (χ2n) is 5.03. The minimum atomic E-state index is -0.215. The fourth-order valence-electron chi connectivity index (χ4n) is 2.01. The minimum Gasteiger partial charge on any atom is -0.496 e. The molecule has 0 N–H and O–H groups in total. The summed E-state index contributed by atoms with van der Waals surface area (Å²) in [5.41, 5.74) is 0.695. The molecule has 0 aliphatic heterocycles. The van der Waals surface area contributed by atoms with Gasteiger partial charge in [-0.15, -0.1) is 0 Å². The summed E-state index contributed by atoms with van der Waals surface area (Å²) in [5.74, 6) is 1.26. The van der Waals surface area contributed by atoms with Crippen LogP contribution in [0, 0.1) is 17.2 Å². The highest BCUT2D eigenvalue weighted by Crippen LogP contribution is 2.35. The van der Waals surface area contributed by atoms with Gasteiger partial charge >= 0.3 is 0 Å². The van der Waals surface area contributed by atoms with E-state index in [9.17, 15) is 4.79 Å². The van der Waals surface area contributed by atoms with Gasteiger partial charge in [-0.25, -0.2) is 0 Å². The van der Waals surface area contributed by atoms with Gasteiger partial charge in [0.2, 0.25) is 5.91 Å². The number of methoxy groups -OCH3 is 3. The average molecular weight is 318 g/mol. The first-order valence-electron chi connectivity index (χ1n) is 7.09. The van der Waals surface area contributed by atoms with Crippen molar-refractivity contribution in [3.63, 3.8) is 0 Å². The topological polar surface area (TPSA) is 71.8 Å². The maximum absolute atomic E-state index is 12.1. The zero-order valence-electron chi connectivity index (χ0n) is 14.1. The Morgan fingerprint density at radius 3 is 2.30 bits per heavy atom. The van der Waals surface area contributed by atoms with Gasteiger partial charge in [0, 0.05) is 31.3 Å². The molecule has 1 atom stereocenters. The molecule has 0 saturated carbocycles.